The standard InChI is InChI=1S/C20H4F8N2O5/c21-9-13(25)19(14(26)10(22)17(9)29-5(31)1-2-6(29)32)35-20-15(27)11(23)18(12(24)16(20)28)30-7(33)3-4-8(30)34/h1-4H. The van der Waals surface area contributed by atoms with Crippen LogP contribution in [0.5, 0.6) is 11.5 Å². The van der Waals surface area contributed by atoms with Crippen LogP contribution in [-0.2, 0) is 19.2 Å². The maximum atomic E-state index is 14.5. The van der Waals surface area contributed by atoms with E-state index in [1.54, 1.807) is 0 Å². The number of nitrogens with zero attached hydrogens (tertiary/aromatic N) is 2. The molecule has 7 nitrogen and oxygen atoms in total. The zero-order valence-electron chi connectivity index (χ0n) is 16.3. The summed E-state index contributed by atoms with van der Waals surface area (Å²) in [5.74, 6) is -29.9. The van der Waals surface area contributed by atoms with E-state index in [-0.39, 0.29) is 9.80 Å². The van der Waals surface area contributed by atoms with Crippen molar-refractivity contribution >= 4 is 35.0 Å². The zero-order valence-corrected chi connectivity index (χ0v) is 16.3. The summed E-state index contributed by atoms with van der Waals surface area (Å²) in [4.78, 5) is 45.8. The molecule has 2 aromatic rings. The molecule has 0 N–H and O–H groups in total. The van der Waals surface area contributed by atoms with Gasteiger partial charge in [0, 0.05) is 24.3 Å². The molecular formula is C20H4F8N2O5. The van der Waals surface area contributed by atoms with Gasteiger partial charge in [-0.3, -0.25) is 19.2 Å². The lowest BCUT2D eigenvalue weighted by Gasteiger charge is -2.20. The molecule has 2 aliphatic heterocycles. The van der Waals surface area contributed by atoms with Crippen LogP contribution in [-0.4, -0.2) is 23.6 Å². The summed E-state index contributed by atoms with van der Waals surface area (Å²) in [6, 6.07) is 0. The fourth-order valence-corrected chi connectivity index (χ4v) is 3.12. The fraction of sp³-hybridized carbons (Fsp3) is 0. The van der Waals surface area contributed by atoms with Gasteiger partial charge in [0.25, 0.3) is 23.6 Å². The lowest BCUT2D eigenvalue weighted by atomic mass is 10.2. The summed E-state index contributed by atoms with van der Waals surface area (Å²) in [6.07, 6.45) is 2.07. The van der Waals surface area contributed by atoms with Gasteiger partial charge in [0.15, 0.2) is 23.3 Å². The van der Waals surface area contributed by atoms with Crippen LogP contribution in [0.2, 0.25) is 0 Å². The molecule has 0 saturated carbocycles. The molecule has 0 fully saturated rings. The van der Waals surface area contributed by atoms with Crippen LogP contribution in [0.4, 0.5) is 46.5 Å². The van der Waals surface area contributed by atoms with Crippen molar-refractivity contribution in [3.8, 4) is 11.5 Å². The van der Waals surface area contributed by atoms with Crippen LogP contribution in [0.15, 0.2) is 24.3 Å². The maximum absolute atomic E-state index is 14.5. The first-order valence-corrected chi connectivity index (χ1v) is 8.90. The number of ether oxygens (including phenoxy) is 1. The number of hydrogen-bond acceptors (Lipinski definition) is 5. The normalized spacial score (nSPS) is 15.3. The molecule has 0 bridgehead atoms. The van der Waals surface area contributed by atoms with Crippen LogP contribution in [0, 0.1) is 46.5 Å². The molecule has 0 atom stereocenters. The molecule has 2 heterocycles. The van der Waals surface area contributed by atoms with E-state index in [4.69, 9.17) is 0 Å². The highest BCUT2D eigenvalue weighted by molar-refractivity contribution is 6.29. The molecule has 0 aliphatic carbocycles. The monoisotopic (exact) mass is 504 g/mol. The van der Waals surface area contributed by atoms with Gasteiger partial charge in [0.05, 0.1) is 0 Å². The highest BCUT2D eigenvalue weighted by Crippen LogP contribution is 2.42. The lowest BCUT2D eigenvalue weighted by molar-refractivity contribution is -0.121. The molecule has 4 rings (SSSR count). The minimum atomic E-state index is -2.54. The van der Waals surface area contributed by atoms with Gasteiger partial charge < -0.3 is 4.74 Å². The van der Waals surface area contributed by atoms with Crippen molar-refractivity contribution in [3.05, 3.63) is 70.8 Å². The Morgan fingerprint density at radius 2 is 0.657 bits per heavy atom. The molecule has 15 heteroatoms. The Hall–Kier alpha value is -4.56. The first-order chi connectivity index (χ1) is 16.4. The molecule has 0 unspecified atom stereocenters. The second-order valence-corrected chi connectivity index (χ2v) is 6.66. The molecule has 35 heavy (non-hydrogen) atoms. The predicted octanol–water partition coefficient (Wildman–Crippen LogP) is 3.45. The van der Waals surface area contributed by atoms with E-state index in [0.717, 1.165) is 0 Å². The van der Waals surface area contributed by atoms with Gasteiger partial charge in [-0.1, -0.05) is 0 Å². The molecule has 0 radical (unpaired) electrons. The molecule has 2 aromatic carbocycles. The van der Waals surface area contributed by atoms with E-state index in [2.05, 4.69) is 4.74 Å². The summed E-state index contributed by atoms with van der Waals surface area (Å²) < 4.78 is 120. The number of halogens is 8. The van der Waals surface area contributed by atoms with E-state index in [9.17, 15) is 54.3 Å². The number of rotatable bonds is 4. The minimum absolute atomic E-state index is 0.298. The average molecular weight is 504 g/mol. The topological polar surface area (TPSA) is 84.0 Å². The highest BCUT2D eigenvalue weighted by atomic mass is 19.2. The number of carbonyl (C=O) groups is 4. The Morgan fingerprint density at radius 1 is 0.429 bits per heavy atom. The van der Waals surface area contributed by atoms with Crippen LogP contribution in [0.3, 0.4) is 0 Å². The van der Waals surface area contributed by atoms with Gasteiger partial charge >= 0.3 is 0 Å². The number of carbonyl (C=O) groups excluding carboxylic acids is 4. The van der Waals surface area contributed by atoms with Gasteiger partial charge in [-0.25, -0.2) is 27.4 Å². The molecule has 0 saturated heterocycles. The number of hydrogen-bond donors (Lipinski definition) is 0. The average Bonchev–Trinajstić information content (AvgIpc) is 3.32. The summed E-state index contributed by atoms with van der Waals surface area (Å²) in [5.41, 5.74) is -3.67. The third kappa shape index (κ3) is 3.34. The number of amides is 4. The molecule has 0 aromatic heterocycles. The van der Waals surface area contributed by atoms with Crippen molar-refractivity contribution < 1.29 is 59.0 Å². The summed E-state index contributed by atoms with van der Waals surface area (Å²) in [6.45, 7) is 0. The molecule has 180 valence electrons. The van der Waals surface area contributed by atoms with Gasteiger partial charge in [0.1, 0.15) is 11.4 Å². The zero-order chi connectivity index (χ0) is 25.9. The molecule has 4 amide bonds. The van der Waals surface area contributed by atoms with Crippen molar-refractivity contribution in [2.24, 2.45) is 0 Å². The van der Waals surface area contributed by atoms with Crippen molar-refractivity contribution in [3.63, 3.8) is 0 Å². The second kappa shape index (κ2) is 8.03. The first kappa shape index (κ1) is 23.6. The maximum Gasteiger partial charge on any atom is 0.258 e. The Balaban J connectivity index is 1.85. The van der Waals surface area contributed by atoms with Crippen LogP contribution < -0.4 is 14.5 Å². The van der Waals surface area contributed by atoms with E-state index >= 15 is 0 Å². The fourth-order valence-electron chi connectivity index (χ4n) is 3.12. The summed E-state index contributed by atoms with van der Waals surface area (Å²) in [5, 5.41) is 0. The smallest absolute Gasteiger partial charge is 0.258 e. The van der Waals surface area contributed by atoms with E-state index in [1.165, 1.54) is 0 Å². The summed E-state index contributed by atoms with van der Waals surface area (Å²) >= 11 is 0. The van der Waals surface area contributed by atoms with Crippen molar-refractivity contribution in [1.82, 2.24) is 0 Å². The van der Waals surface area contributed by atoms with E-state index < -0.39 is 93.0 Å². The van der Waals surface area contributed by atoms with Crippen molar-refractivity contribution in [1.29, 1.82) is 0 Å². The minimum Gasteiger partial charge on any atom is -0.444 e. The Bertz CT molecular complexity index is 1250. The third-order valence-corrected chi connectivity index (χ3v) is 4.67. The summed E-state index contributed by atoms with van der Waals surface area (Å²) in [7, 11) is 0. The number of anilines is 2. The van der Waals surface area contributed by atoms with Crippen LogP contribution >= 0.6 is 0 Å². The number of benzene rings is 2. The largest absolute Gasteiger partial charge is 0.444 e. The van der Waals surface area contributed by atoms with Gasteiger partial charge in [0.2, 0.25) is 34.8 Å². The highest BCUT2D eigenvalue weighted by Gasteiger charge is 2.39. The van der Waals surface area contributed by atoms with Crippen molar-refractivity contribution in [2.75, 3.05) is 9.80 Å². The van der Waals surface area contributed by atoms with Gasteiger partial charge in [-0.2, -0.15) is 17.6 Å². The van der Waals surface area contributed by atoms with E-state index in [0.29, 0.717) is 24.3 Å². The first-order valence-electron chi connectivity index (χ1n) is 8.90. The molecular weight excluding hydrogens is 500 g/mol. The number of imide groups is 2. The predicted molar refractivity (Wildman–Crippen MR) is 95.9 cm³/mol. The van der Waals surface area contributed by atoms with Crippen LogP contribution in [0.25, 0.3) is 0 Å². The Morgan fingerprint density at radius 3 is 0.886 bits per heavy atom. The molecule has 0 spiro atoms. The second-order valence-electron chi connectivity index (χ2n) is 6.66. The molecule has 2 aliphatic rings. The van der Waals surface area contributed by atoms with E-state index in [1.807, 2.05) is 0 Å². The van der Waals surface area contributed by atoms with Crippen molar-refractivity contribution in [2.45, 2.75) is 0 Å². The SMILES string of the molecule is O=C1C=CC(=O)N1c1c(F)c(F)c(Oc2c(F)c(F)c(N3C(=O)C=CC3=O)c(F)c2F)c(F)c1F. The quantitative estimate of drug-likeness (QED) is 0.362. The third-order valence-electron chi connectivity index (χ3n) is 4.67. The van der Waals surface area contributed by atoms with Gasteiger partial charge in [-0.05, 0) is 0 Å². The lowest BCUT2D eigenvalue weighted by Crippen LogP contribution is -2.32. The Kier molecular flexibility index (Phi) is 5.42. The van der Waals surface area contributed by atoms with Gasteiger partial charge in [-0.15, -0.1) is 0 Å². The Labute approximate surface area is 187 Å². The van der Waals surface area contributed by atoms with Crippen LogP contribution in [0.1, 0.15) is 0 Å².